The van der Waals surface area contributed by atoms with Gasteiger partial charge < -0.3 is 9.64 Å². The quantitative estimate of drug-likeness (QED) is 0.604. The number of halogens is 2. The van der Waals surface area contributed by atoms with Gasteiger partial charge >= 0.3 is 12.0 Å². The van der Waals surface area contributed by atoms with Gasteiger partial charge in [-0.1, -0.05) is 22.0 Å². The first-order valence-electron chi connectivity index (χ1n) is 9.09. The maximum atomic E-state index is 14.6. The highest BCUT2D eigenvalue weighted by atomic mass is 79.9. The first-order chi connectivity index (χ1) is 14.2. The Hall–Kier alpha value is -2.46. The summed E-state index contributed by atoms with van der Waals surface area (Å²) in [7, 11) is -1.94. The number of ether oxygens (including phenoxy) is 1. The third-order valence-electron chi connectivity index (χ3n) is 4.79. The summed E-state index contributed by atoms with van der Waals surface area (Å²) in [5, 5.41) is 0. The normalized spacial score (nSPS) is 15.5. The van der Waals surface area contributed by atoms with Crippen molar-refractivity contribution in [1.82, 2.24) is 4.90 Å². The van der Waals surface area contributed by atoms with Gasteiger partial charge in [-0.25, -0.2) is 22.4 Å². The summed E-state index contributed by atoms with van der Waals surface area (Å²) in [6, 6.07) is 10.5. The van der Waals surface area contributed by atoms with Gasteiger partial charge in [-0.3, -0.25) is 4.90 Å². The van der Waals surface area contributed by atoms with Crippen LogP contribution < -0.4 is 4.90 Å². The molecule has 1 heterocycles. The highest BCUT2D eigenvalue weighted by molar-refractivity contribution is 9.10. The van der Waals surface area contributed by atoms with Gasteiger partial charge in [0.25, 0.3) is 0 Å². The van der Waals surface area contributed by atoms with E-state index in [0.29, 0.717) is 5.69 Å². The predicted octanol–water partition coefficient (Wildman–Crippen LogP) is 3.23. The van der Waals surface area contributed by atoms with E-state index >= 15 is 0 Å². The second-order valence-electron chi connectivity index (χ2n) is 6.78. The lowest BCUT2D eigenvalue weighted by atomic mass is 10.1. The summed E-state index contributed by atoms with van der Waals surface area (Å²) >= 11 is 3.34. The Morgan fingerprint density at radius 2 is 1.77 bits per heavy atom. The Kier molecular flexibility index (Phi) is 6.77. The van der Waals surface area contributed by atoms with Gasteiger partial charge in [-0.05, 0) is 36.4 Å². The third-order valence-corrected chi connectivity index (χ3v) is 6.92. The number of hydrogen-bond donors (Lipinski definition) is 0. The van der Waals surface area contributed by atoms with E-state index in [1.165, 1.54) is 29.0 Å². The number of nitrogens with zero attached hydrogens (tertiary/aromatic N) is 2. The number of hydrogen-bond acceptors (Lipinski definition) is 5. The van der Waals surface area contributed by atoms with Crippen molar-refractivity contribution >= 4 is 43.5 Å². The first-order valence-corrected chi connectivity index (χ1v) is 11.7. The molecule has 7 nitrogen and oxygen atoms in total. The van der Waals surface area contributed by atoms with Crippen LogP contribution >= 0.6 is 15.9 Å². The number of amides is 2. The number of rotatable bonds is 4. The van der Waals surface area contributed by atoms with Crippen LogP contribution in [0.25, 0.3) is 0 Å². The molecule has 0 spiro atoms. The molecule has 30 heavy (non-hydrogen) atoms. The third kappa shape index (κ3) is 5.17. The number of esters is 1. The van der Waals surface area contributed by atoms with Crippen LogP contribution in [0.15, 0.2) is 46.9 Å². The van der Waals surface area contributed by atoms with E-state index in [9.17, 15) is 22.4 Å². The molecular formula is C20H20BrFN2O5S. The number of carbonyl (C=O) groups is 2. The molecule has 3 rings (SSSR count). The molecule has 0 unspecified atom stereocenters. The van der Waals surface area contributed by atoms with Gasteiger partial charge in [0.2, 0.25) is 0 Å². The van der Waals surface area contributed by atoms with Crippen LogP contribution in [0.2, 0.25) is 0 Å². The maximum absolute atomic E-state index is 14.6. The lowest BCUT2D eigenvalue weighted by Gasteiger charge is -2.33. The zero-order valence-corrected chi connectivity index (χ0v) is 18.6. The zero-order valence-electron chi connectivity index (χ0n) is 16.2. The monoisotopic (exact) mass is 498 g/mol. The molecule has 0 N–H and O–H groups in total. The average Bonchev–Trinajstić information content (AvgIpc) is 2.72. The van der Waals surface area contributed by atoms with E-state index in [4.69, 9.17) is 0 Å². The molecule has 160 valence electrons. The Balaban J connectivity index is 1.89. The number of methoxy groups -OCH3 is 1. The van der Waals surface area contributed by atoms with Gasteiger partial charge in [-0.15, -0.1) is 0 Å². The summed E-state index contributed by atoms with van der Waals surface area (Å²) in [5.74, 6) is -1.51. The lowest BCUT2D eigenvalue weighted by molar-refractivity contribution is 0.0600. The minimum Gasteiger partial charge on any atom is -0.465 e. The molecule has 2 amide bonds. The van der Waals surface area contributed by atoms with Crippen LogP contribution in [-0.2, 0) is 21.1 Å². The fourth-order valence-corrected chi connectivity index (χ4v) is 4.52. The molecule has 2 aromatic rings. The second kappa shape index (κ2) is 9.13. The minimum atomic E-state index is -3.15. The number of benzene rings is 2. The van der Waals surface area contributed by atoms with Gasteiger partial charge in [0.1, 0.15) is 5.82 Å². The van der Waals surface area contributed by atoms with Crippen molar-refractivity contribution < 1.29 is 27.1 Å². The summed E-state index contributed by atoms with van der Waals surface area (Å²) in [6.07, 6.45) is 0. The van der Waals surface area contributed by atoms with Crippen LogP contribution in [0.1, 0.15) is 15.9 Å². The number of carbonyl (C=O) groups excluding carboxylic acids is 2. The van der Waals surface area contributed by atoms with Crippen molar-refractivity contribution in [3.8, 4) is 0 Å². The molecule has 1 fully saturated rings. The summed E-state index contributed by atoms with van der Waals surface area (Å²) in [4.78, 5) is 27.6. The molecule has 1 aliphatic rings. The van der Waals surface area contributed by atoms with Crippen molar-refractivity contribution in [3.63, 3.8) is 0 Å². The standard InChI is InChI=1S/C20H20BrFN2O5S/c1-29-19(25)14-2-3-15(18(22)12-14)13-24(17-6-4-16(21)5-7-17)20(26)23-8-10-30(27,28)11-9-23/h2-7,12H,8-11,13H2,1H3. The topological polar surface area (TPSA) is 84.0 Å². The summed E-state index contributed by atoms with van der Waals surface area (Å²) < 4.78 is 43.5. The van der Waals surface area contributed by atoms with Crippen LogP contribution in [0.5, 0.6) is 0 Å². The predicted molar refractivity (Wildman–Crippen MR) is 114 cm³/mol. The molecule has 0 aromatic heterocycles. The van der Waals surface area contributed by atoms with E-state index in [1.807, 2.05) is 0 Å². The minimum absolute atomic E-state index is 0.0708. The summed E-state index contributed by atoms with van der Waals surface area (Å²) in [5.41, 5.74) is 0.818. The van der Waals surface area contributed by atoms with Crippen LogP contribution in [0.4, 0.5) is 14.9 Å². The van der Waals surface area contributed by atoms with E-state index < -0.39 is 27.7 Å². The molecule has 0 aliphatic carbocycles. The van der Waals surface area contributed by atoms with E-state index in [1.54, 1.807) is 24.3 Å². The van der Waals surface area contributed by atoms with E-state index in [2.05, 4.69) is 20.7 Å². The average molecular weight is 499 g/mol. The van der Waals surface area contributed by atoms with E-state index in [-0.39, 0.29) is 42.3 Å². The second-order valence-corrected chi connectivity index (χ2v) is 10.0. The molecule has 10 heteroatoms. The summed E-state index contributed by atoms with van der Waals surface area (Å²) in [6.45, 7) is 0.0763. The molecule has 0 radical (unpaired) electrons. The van der Waals surface area contributed by atoms with Gasteiger partial charge in [0, 0.05) is 28.8 Å². The fraction of sp³-hybridized carbons (Fsp3) is 0.300. The number of sulfone groups is 1. The Bertz CT molecular complexity index is 1050. The van der Waals surface area contributed by atoms with Crippen molar-refractivity contribution in [2.75, 3.05) is 36.6 Å². The van der Waals surface area contributed by atoms with Crippen molar-refractivity contribution in [2.45, 2.75) is 6.54 Å². The number of anilines is 1. The number of urea groups is 1. The largest absolute Gasteiger partial charge is 0.465 e. The SMILES string of the molecule is COC(=O)c1ccc(CN(C(=O)N2CCS(=O)(=O)CC2)c2ccc(Br)cc2)c(F)c1. The highest BCUT2D eigenvalue weighted by Crippen LogP contribution is 2.24. The van der Waals surface area contributed by atoms with Crippen LogP contribution in [0.3, 0.4) is 0 Å². The molecule has 1 aliphatic heterocycles. The fourth-order valence-electron chi connectivity index (χ4n) is 3.06. The van der Waals surface area contributed by atoms with Crippen molar-refractivity contribution in [1.29, 1.82) is 0 Å². The van der Waals surface area contributed by atoms with Gasteiger partial charge in [0.05, 0.1) is 30.7 Å². The van der Waals surface area contributed by atoms with E-state index in [0.717, 1.165) is 10.5 Å². The lowest BCUT2D eigenvalue weighted by Crippen LogP contribution is -2.49. The zero-order chi connectivity index (χ0) is 21.9. The smallest absolute Gasteiger partial charge is 0.337 e. The Labute approximate surface area is 182 Å². The molecule has 0 saturated carbocycles. The van der Waals surface area contributed by atoms with Crippen molar-refractivity contribution in [2.24, 2.45) is 0 Å². The van der Waals surface area contributed by atoms with Gasteiger partial charge in [-0.2, -0.15) is 0 Å². The molecule has 0 bridgehead atoms. The van der Waals surface area contributed by atoms with Crippen LogP contribution in [0, 0.1) is 5.82 Å². The maximum Gasteiger partial charge on any atom is 0.337 e. The Morgan fingerprint density at radius 1 is 1.13 bits per heavy atom. The van der Waals surface area contributed by atoms with Gasteiger partial charge in [0.15, 0.2) is 9.84 Å². The molecule has 0 atom stereocenters. The molecular weight excluding hydrogens is 479 g/mol. The Morgan fingerprint density at radius 3 is 2.33 bits per heavy atom. The van der Waals surface area contributed by atoms with Crippen molar-refractivity contribution in [3.05, 3.63) is 63.9 Å². The molecule has 1 saturated heterocycles. The first kappa shape index (κ1) is 22.2. The highest BCUT2D eigenvalue weighted by Gasteiger charge is 2.29. The molecule has 2 aromatic carbocycles. The van der Waals surface area contributed by atoms with Crippen LogP contribution in [-0.4, -0.2) is 57.0 Å².